The van der Waals surface area contributed by atoms with Gasteiger partial charge in [0, 0.05) is 17.6 Å². The Morgan fingerprint density at radius 1 is 1.45 bits per heavy atom. The third-order valence-electron chi connectivity index (χ3n) is 4.08. The van der Waals surface area contributed by atoms with Crippen molar-refractivity contribution in [1.29, 1.82) is 0 Å². The zero-order valence-electron chi connectivity index (χ0n) is 12.9. The van der Waals surface area contributed by atoms with Crippen molar-refractivity contribution >= 4 is 38.4 Å². The van der Waals surface area contributed by atoms with Crippen LogP contribution in [0.15, 0.2) is 21.5 Å². The standard InChI is InChI=1S/C14H21BrN2O3S.ClH/c1-10-6-12(20-3)13(7-11(10)15)21(18,19)17-5-4-14(2,8-16)9-17;/h6-7H,4-5,8-9,16H2,1-3H3;1H. The fourth-order valence-corrected chi connectivity index (χ4v) is 4.74. The van der Waals surface area contributed by atoms with Crippen LogP contribution in [0.5, 0.6) is 5.75 Å². The highest BCUT2D eigenvalue weighted by atomic mass is 79.9. The van der Waals surface area contributed by atoms with Crippen LogP contribution in [0.3, 0.4) is 0 Å². The van der Waals surface area contributed by atoms with Crippen LogP contribution in [0, 0.1) is 12.3 Å². The first-order valence-corrected chi connectivity index (χ1v) is 9.01. The number of hydrogen-bond acceptors (Lipinski definition) is 4. The summed E-state index contributed by atoms with van der Waals surface area (Å²) in [7, 11) is -2.10. The van der Waals surface area contributed by atoms with Crippen molar-refractivity contribution in [3.8, 4) is 5.75 Å². The van der Waals surface area contributed by atoms with Crippen LogP contribution in [0.25, 0.3) is 0 Å². The van der Waals surface area contributed by atoms with Crippen LogP contribution in [0.4, 0.5) is 0 Å². The predicted molar refractivity (Wildman–Crippen MR) is 93.2 cm³/mol. The fourth-order valence-electron chi connectivity index (χ4n) is 2.49. The number of halogens is 2. The number of benzene rings is 1. The van der Waals surface area contributed by atoms with E-state index in [1.807, 2.05) is 13.8 Å². The highest BCUT2D eigenvalue weighted by Crippen LogP contribution is 2.37. The Labute approximate surface area is 146 Å². The van der Waals surface area contributed by atoms with Crippen molar-refractivity contribution in [1.82, 2.24) is 4.31 Å². The minimum Gasteiger partial charge on any atom is -0.495 e. The van der Waals surface area contributed by atoms with E-state index in [0.29, 0.717) is 25.4 Å². The van der Waals surface area contributed by atoms with Gasteiger partial charge in [-0.25, -0.2) is 8.42 Å². The lowest BCUT2D eigenvalue weighted by Gasteiger charge is -2.23. The number of aryl methyl sites for hydroxylation is 1. The molecule has 2 rings (SSSR count). The molecule has 1 atom stereocenters. The van der Waals surface area contributed by atoms with Gasteiger partial charge in [-0.2, -0.15) is 4.31 Å². The molecule has 2 N–H and O–H groups in total. The van der Waals surface area contributed by atoms with Gasteiger partial charge in [0.1, 0.15) is 10.6 Å². The molecule has 1 aliphatic heterocycles. The zero-order valence-corrected chi connectivity index (χ0v) is 16.1. The summed E-state index contributed by atoms with van der Waals surface area (Å²) in [5, 5.41) is 0. The summed E-state index contributed by atoms with van der Waals surface area (Å²) in [5.41, 5.74) is 6.54. The van der Waals surface area contributed by atoms with Crippen molar-refractivity contribution in [2.75, 3.05) is 26.7 Å². The fraction of sp³-hybridized carbons (Fsp3) is 0.571. The van der Waals surface area contributed by atoms with Gasteiger partial charge in [0.2, 0.25) is 10.0 Å². The number of nitrogens with zero attached hydrogens (tertiary/aromatic N) is 1. The van der Waals surface area contributed by atoms with Crippen LogP contribution in [0.1, 0.15) is 18.9 Å². The molecule has 0 aromatic heterocycles. The van der Waals surface area contributed by atoms with Crippen molar-refractivity contribution in [3.63, 3.8) is 0 Å². The van der Waals surface area contributed by atoms with Crippen molar-refractivity contribution in [2.45, 2.75) is 25.2 Å². The Hall–Kier alpha value is -0.340. The first kappa shape index (κ1) is 19.7. The van der Waals surface area contributed by atoms with Crippen molar-refractivity contribution < 1.29 is 13.2 Å². The largest absolute Gasteiger partial charge is 0.495 e. The lowest BCUT2D eigenvalue weighted by molar-refractivity contribution is 0.348. The first-order valence-electron chi connectivity index (χ1n) is 6.78. The maximum Gasteiger partial charge on any atom is 0.246 e. The molecular formula is C14H22BrClN2O3S. The third kappa shape index (κ3) is 3.59. The van der Waals surface area contributed by atoms with Crippen LogP contribution in [-0.2, 0) is 10.0 Å². The van der Waals surface area contributed by atoms with Gasteiger partial charge in [0.25, 0.3) is 0 Å². The summed E-state index contributed by atoms with van der Waals surface area (Å²) in [4.78, 5) is 0.198. The van der Waals surface area contributed by atoms with Crippen LogP contribution in [0.2, 0.25) is 0 Å². The van der Waals surface area contributed by atoms with Crippen LogP contribution < -0.4 is 10.5 Å². The van der Waals surface area contributed by atoms with Crippen LogP contribution >= 0.6 is 28.3 Å². The summed E-state index contributed by atoms with van der Waals surface area (Å²) in [6.07, 6.45) is 0.776. The maximum atomic E-state index is 12.9. The average molecular weight is 414 g/mol. The smallest absolute Gasteiger partial charge is 0.246 e. The van der Waals surface area contributed by atoms with Gasteiger partial charge in [-0.3, -0.25) is 0 Å². The minimum absolute atomic E-state index is 0. The van der Waals surface area contributed by atoms with E-state index in [1.54, 1.807) is 12.1 Å². The summed E-state index contributed by atoms with van der Waals surface area (Å²) < 4.78 is 33.2. The zero-order chi connectivity index (χ0) is 15.8. The number of sulfonamides is 1. The molecule has 1 saturated heterocycles. The molecule has 0 amide bonds. The van der Waals surface area contributed by atoms with Gasteiger partial charge < -0.3 is 10.5 Å². The first-order chi connectivity index (χ1) is 9.73. The predicted octanol–water partition coefficient (Wildman–Crippen LogP) is 2.55. The molecule has 1 aromatic carbocycles. The monoisotopic (exact) mass is 412 g/mol. The van der Waals surface area contributed by atoms with Gasteiger partial charge in [0.15, 0.2) is 0 Å². The highest BCUT2D eigenvalue weighted by molar-refractivity contribution is 9.10. The van der Waals surface area contributed by atoms with Crippen molar-refractivity contribution in [2.24, 2.45) is 11.1 Å². The molecule has 0 aliphatic carbocycles. The van der Waals surface area contributed by atoms with E-state index in [0.717, 1.165) is 16.5 Å². The van der Waals surface area contributed by atoms with Crippen molar-refractivity contribution in [3.05, 3.63) is 22.2 Å². The molecule has 5 nitrogen and oxygen atoms in total. The Bertz CT molecular complexity index is 654. The van der Waals surface area contributed by atoms with E-state index in [-0.39, 0.29) is 22.7 Å². The second kappa shape index (κ2) is 7.05. The summed E-state index contributed by atoms with van der Waals surface area (Å²) in [6.45, 7) is 5.33. The lowest BCUT2D eigenvalue weighted by Crippen LogP contribution is -2.34. The molecule has 1 aromatic rings. The van der Waals surface area contributed by atoms with E-state index >= 15 is 0 Å². The summed E-state index contributed by atoms with van der Waals surface area (Å²) >= 11 is 3.39. The SMILES string of the molecule is COc1cc(C)c(Br)cc1S(=O)(=O)N1CCC(C)(CN)C1.Cl. The topological polar surface area (TPSA) is 72.6 Å². The Kier molecular flexibility index (Phi) is 6.31. The Morgan fingerprint density at radius 2 is 2.09 bits per heavy atom. The Morgan fingerprint density at radius 3 is 2.59 bits per heavy atom. The third-order valence-corrected chi connectivity index (χ3v) is 6.80. The molecular weight excluding hydrogens is 392 g/mol. The average Bonchev–Trinajstić information content (AvgIpc) is 2.85. The maximum absolute atomic E-state index is 12.9. The number of nitrogens with two attached hydrogens (primary N) is 1. The second-order valence-corrected chi connectivity index (χ2v) is 8.62. The number of ether oxygens (including phenoxy) is 1. The van der Waals surface area contributed by atoms with E-state index in [1.165, 1.54) is 11.4 Å². The van der Waals surface area contributed by atoms with Gasteiger partial charge in [-0.1, -0.05) is 22.9 Å². The molecule has 126 valence electrons. The summed E-state index contributed by atoms with van der Waals surface area (Å²) in [5.74, 6) is 0.372. The molecule has 1 fully saturated rings. The normalized spacial score (nSPS) is 22.4. The van der Waals surface area contributed by atoms with E-state index in [4.69, 9.17) is 10.5 Å². The molecule has 22 heavy (non-hydrogen) atoms. The molecule has 1 heterocycles. The summed E-state index contributed by atoms with van der Waals surface area (Å²) in [6, 6.07) is 3.34. The highest BCUT2D eigenvalue weighted by Gasteiger charge is 2.40. The minimum atomic E-state index is -3.58. The second-order valence-electron chi connectivity index (χ2n) is 5.86. The molecule has 0 spiro atoms. The van der Waals surface area contributed by atoms with Crippen LogP contribution in [-0.4, -0.2) is 39.5 Å². The van der Waals surface area contributed by atoms with E-state index < -0.39 is 10.0 Å². The molecule has 8 heteroatoms. The number of hydrogen-bond donors (Lipinski definition) is 1. The molecule has 1 unspecified atom stereocenters. The van der Waals surface area contributed by atoms with Gasteiger partial charge in [-0.15, -0.1) is 12.4 Å². The number of methoxy groups -OCH3 is 1. The molecule has 1 aliphatic rings. The molecule has 0 radical (unpaired) electrons. The molecule has 0 bridgehead atoms. The quantitative estimate of drug-likeness (QED) is 0.823. The molecule has 0 saturated carbocycles. The Balaban J connectivity index is 0.00000242. The van der Waals surface area contributed by atoms with E-state index in [9.17, 15) is 8.42 Å². The lowest BCUT2D eigenvalue weighted by atomic mass is 9.90. The number of rotatable bonds is 4. The van der Waals surface area contributed by atoms with Gasteiger partial charge in [0.05, 0.1) is 7.11 Å². The van der Waals surface area contributed by atoms with Gasteiger partial charge in [-0.05, 0) is 43.0 Å². The van der Waals surface area contributed by atoms with Gasteiger partial charge >= 0.3 is 0 Å². The van der Waals surface area contributed by atoms with E-state index in [2.05, 4.69) is 15.9 Å².